The summed E-state index contributed by atoms with van der Waals surface area (Å²) in [6, 6.07) is 18.7. The molecule has 0 spiro atoms. The quantitative estimate of drug-likeness (QED) is 0.241. The number of carbonyl (C=O) groups is 1. The van der Waals surface area contributed by atoms with Crippen molar-refractivity contribution in [3.05, 3.63) is 107 Å². The van der Waals surface area contributed by atoms with Gasteiger partial charge in [0.1, 0.15) is 5.88 Å². The Hall–Kier alpha value is -3.04. The van der Waals surface area contributed by atoms with Crippen molar-refractivity contribution in [2.75, 3.05) is 19.0 Å². The molecule has 4 rings (SSSR count). The number of halogens is 7. The molecule has 1 amide bonds. The zero-order chi connectivity index (χ0) is 28.3. The van der Waals surface area contributed by atoms with Crippen molar-refractivity contribution in [2.45, 2.75) is 37.3 Å². The van der Waals surface area contributed by atoms with Crippen molar-refractivity contribution in [1.82, 2.24) is 10.2 Å². The van der Waals surface area contributed by atoms with Crippen molar-refractivity contribution in [1.29, 1.82) is 0 Å². The van der Waals surface area contributed by atoms with Crippen LogP contribution < -0.4 is 5.32 Å². The van der Waals surface area contributed by atoms with E-state index in [1.165, 1.54) is 24.3 Å². The highest BCUT2D eigenvalue weighted by Crippen LogP contribution is 2.44. The fourth-order valence-corrected chi connectivity index (χ4v) is 5.41. The van der Waals surface area contributed by atoms with E-state index in [2.05, 4.69) is 10.2 Å². The summed E-state index contributed by atoms with van der Waals surface area (Å²) >= 11 is 5.84. The zero-order valence-corrected chi connectivity index (χ0v) is 21.6. The molecule has 0 aromatic heterocycles. The van der Waals surface area contributed by atoms with Crippen molar-refractivity contribution in [3.63, 3.8) is 0 Å². The van der Waals surface area contributed by atoms with E-state index < -0.39 is 40.8 Å². The molecule has 1 N–H and O–H groups in total. The van der Waals surface area contributed by atoms with Gasteiger partial charge >= 0.3 is 12.4 Å². The number of alkyl halides is 7. The predicted molar refractivity (Wildman–Crippen MR) is 137 cm³/mol. The molecule has 0 aliphatic carbocycles. The van der Waals surface area contributed by atoms with Gasteiger partial charge in [0.15, 0.2) is 0 Å². The lowest BCUT2D eigenvalue weighted by Gasteiger charge is -2.46. The van der Waals surface area contributed by atoms with E-state index in [0.717, 1.165) is 29.8 Å². The van der Waals surface area contributed by atoms with E-state index in [1.807, 2.05) is 30.3 Å². The Morgan fingerprint density at radius 3 is 1.59 bits per heavy atom. The molecule has 1 aliphatic heterocycles. The first-order valence-corrected chi connectivity index (χ1v) is 13.0. The van der Waals surface area contributed by atoms with Gasteiger partial charge in [0, 0.05) is 6.54 Å². The Labute approximate surface area is 227 Å². The monoisotopic (exact) mass is 568 g/mol. The number of hydrogen-bond donors (Lipinski definition) is 1. The van der Waals surface area contributed by atoms with Gasteiger partial charge < -0.3 is 5.32 Å². The molecule has 0 bridgehead atoms. The standard InChI is InChI=1S/C29H27ClF6N2O/c30-18-26(39)37-27(21-6-10-24(11-7-21)28(31,32)33,22-8-12-25(13-9-22)29(34,35)36)23-14-16-38(17-15-23)19-20-4-2-1-3-5-20/h1-13,23H,14-19H2,(H,37,39). The molecule has 3 aromatic carbocycles. The molecule has 0 radical (unpaired) electrons. The van der Waals surface area contributed by atoms with E-state index in [0.29, 0.717) is 43.6 Å². The molecular weight excluding hydrogens is 542 g/mol. The summed E-state index contributed by atoms with van der Waals surface area (Å²) in [5, 5.41) is 2.91. The topological polar surface area (TPSA) is 32.3 Å². The smallest absolute Gasteiger partial charge is 0.341 e. The van der Waals surface area contributed by atoms with Crippen molar-refractivity contribution in [2.24, 2.45) is 5.92 Å². The summed E-state index contributed by atoms with van der Waals surface area (Å²) in [6.07, 6.45) is -8.07. The molecule has 1 aliphatic rings. The summed E-state index contributed by atoms with van der Waals surface area (Å²) in [6.45, 7) is 1.95. The van der Waals surface area contributed by atoms with Crippen molar-refractivity contribution >= 4 is 17.5 Å². The molecule has 39 heavy (non-hydrogen) atoms. The maximum absolute atomic E-state index is 13.3. The molecular formula is C29H27ClF6N2O. The SMILES string of the molecule is O=C(CCl)NC(c1ccc(C(F)(F)F)cc1)(c1ccc(C(F)(F)F)cc1)C1CCN(Cc2ccccc2)CC1. The molecule has 1 heterocycles. The summed E-state index contributed by atoms with van der Waals surface area (Å²) in [4.78, 5) is 15.0. The summed E-state index contributed by atoms with van der Waals surface area (Å²) in [7, 11) is 0. The second kappa shape index (κ2) is 11.6. The van der Waals surface area contributed by atoms with Gasteiger partial charge in [0.25, 0.3) is 0 Å². The lowest BCUT2D eigenvalue weighted by atomic mass is 9.68. The van der Waals surface area contributed by atoms with E-state index >= 15 is 0 Å². The second-order valence-corrected chi connectivity index (χ2v) is 9.94. The Bertz CT molecular complexity index is 1180. The average Bonchev–Trinajstić information content (AvgIpc) is 2.92. The van der Waals surface area contributed by atoms with Gasteiger partial charge in [-0.2, -0.15) is 26.3 Å². The van der Waals surface area contributed by atoms with Crippen LogP contribution in [0.2, 0.25) is 0 Å². The third-order valence-electron chi connectivity index (χ3n) is 7.24. The normalized spacial score (nSPS) is 15.8. The molecule has 1 fully saturated rings. The third-order valence-corrected chi connectivity index (χ3v) is 7.48. The summed E-state index contributed by atoms with van der Waals surface area (Å²) in [5.74, 6) is -1.33. The number of amides is 1. The number of carbonyl (C=O) groups excluding carboxylic acids is 1. The number of nitrogens with zero attached hydrogens (tertiary/aromatic N) is 1. The summed E-state index contributed by atoms with van der Waals surface area (Å²) in [5.41, 5.74) is -1.31. The minimum atomic E-state index is -4.57. The van der Waals surface area contributed by atoms with Gasteiger partial charge in [-0.05, 0) is 72.8 Å². The zero-order valence-electron chi connectivity index (χ0n) is 20.8. The lowest BCUT2D eigenvalue weighted by molar-refractivity contribution is -0.138. The minimum absolute atomic E-state index is 0.329. The number of hydrogen-bond acceptors (Lipinski definition) is 2. The van der Waals surface area contributed by atoms with Crippen LogP contribution in [0.1, 0.15) is 40.7 Å². The van der Waals surface area contributed by atoms with Crippen LogP contribution in [0.5, 0.6) is 0 Å². The van der Waals surface area contributed by atoms with Crippen LogP contribution in [0.25, 0.3) is 0 Å². The number of likely N-dealkylation sites (tertiary alicyclic amines) is 1. The Morgan fingerprint density at radius 1 is 0.744 bits per heavy atom. The molecule has 10 heteroatoms. The largest absolute Gasteiger partial charge is 0.416 e. The van der Waals surface area contributed by atoms with E-state index in [1.54, 1.807) is 0 Å². The van der Waals surface area contributed by atoms with Crippen LogP contribution in [0.15, 0.2) is 78.9 Å². The number of piperidine rings is 1. The molecule has 0 atom stereocenters. The molecule has 3 nitrogen and oxygen atoms in total. The van der Waals surface area contributed by atoms with Crippen LogP contribution in [-0.2, 0) is 29.2 Å². The minimum Gasteiger partial charge on any atom is -0.341 e. The van der Waals surface area contributed by atoms with Crippen molar-refractivity contribution in [3.8, 4) is 0 Å². The number of nitrogens with one attached hydrogen (secondary N) is 1. The third kappa shape index (κ3) is 6.58. The maximum Gasteiger partial charge on any atom is 0.416 e. The van der Waals surface area contributed by atoms with Gasteiger partial charge in [-0.15, -0.1) is 11.6 Å². The highest BCUT2D eigenvalue weighted by atomic mass is 35.5. The van der Waals surface area contributed by atoms with Crippen LogP contribution in [-0.4, -0.2) is 29.8 Å². The first-order valence-electron chi connectivity index (χ1n) is 12.4. The van der Waals surface area contributed by atoms with Gasteiger partial charge in [-0.1, -0.05) is 54.6 Å². The van der Waals surface area contributed by atoms with Crippen LogP contribution in [0, 0.1) is 5.92 Å². The predicted octanol–water partition coefficient (Wildman–Crippen LogP) is 7.24. The van der Waals surface area contributed by atoms with Gasteiger partial charge in [0.05, 0.1) is 16.7 Å². The molecule has 1 saturated heterocycles. The molecule has 3 aromatic rings. The maximum atomic E-state index is 13.3. The van der Waals surface area contributed by atoms with Crippen molar-refractivity contribution < 1.29 is 31.1 Å². The van der Waals surface area contributed by atoms with E-state index in [-0.39, 0.29) is 5.92 Å². The Kier molecular flexibility index (Phi) is 8.61. The first kappa shape index (κ1) is 29.0. The Morgan fingerprint density at radius 2 is 1.18 bits per heavy atom. The fourth-order valence-electron chi connectivity index (χ4n) is 5.35. The average molecular weight is 569 g/mol. The first-order chi connectivity index (χ1) is 18.4. The number of benzene rings is 3. The molecule has 208 valence electrons. The van der Waals surface area contributed by atoms with Crippen LogP contribution in [0.4, 0.5) is 26.3 Å². The summed E-state index contributed by atoms with van der Waals surface area (Å²) < 4.78 is 80.0. The van der Waals surface area contributed by atoms with E-state index in [9.17, 15) is 31.1 Å². The molecule has 0 unspecified atom stereocenters. The molecule has 0 saturated carbocycles. The lowest BCUT2D eigenvalue weighted by Crippen LogP contribution is -2.55. The second-order valence-electron chi connectivity index (χ2n) is 9.68. The highest BCUT2D eigenvalue weighted by molar-refractivity contribution is 6.27. The van der Waals surface area contributed by atoms with Gasteiger partial charge in [-0.3, -0.25) is 9.69 Å². The van der Waals surface area contributed by atoms with E-state index in [4.69, 9.17) is 11.6 Å². The number of rotatable bonds is 7. The van der Waals surface area contributed by atoms with Crippen LogP contribution in [0.3, 0.4) is 0 Å². The fraction of sp³-hybridized carbons (Fsp3) is 0.345. The Balaban J connectivity index is 1.76. The van der Waals surface area contributed by atoms with Gasteiger partial charge in [-0.25, -0.2) is 0 Å². The van der Waals surface area contributed by atoms with Gasteiger partial charge in [0.2, 0.25) is 5.91 Å². The van der Waals surface area contributed by atoms with Crippen LogP contribution >= 0.6 is 11.6 Å². The highest BCUT2D eigenvalue weighted by Gasteiger charge is 2.45.